The monoisotopic (exact) mass is 335 g/mol. The largest absolute Gasteiger partial charge is 0.481 e. The minimum atomic E-state index is -0.923. The van der Waals surface area contributed by atoms with Gasteiger partial charge in [-0.2, -0.15) is 0 Å². The highest BCUT2D eigenvalue weighted by atomic mass is 79.9. The van der Waals surface area contributed by atoms with E-state index >= 15 is 0 Å². The second-order valence-electron chi connectivity index (χ2n) is 4.66. The lowest BCUT2D eigenvalue weighted by Crippen LogP contribution is -2.31. The molecule has 0 radical (unpaired) electrons. The molecule has 0 aromatic heterocycles. The first-order valence-corrected chi connectivity index (χ1v) is 6.97. The number of carboxylic acids is 1. The van der Waals surface area contributed by atoms with Gasteiger partial charge in [0.2, 0.25) is 0 Å². The van der Waals surface area contributed by atoms with Gasteiger partial charge in [-0.05, 0) is 35.0 Å². The number of fused-ring (bicyclic) bond motifs is 1. The third-order valence-electron chi connectivity index (χ3n) is 3.05. The fourth-order valence-electron chi connectivity index (χ4n) is 1.79. The average Bonchev–Trinajstić information content (AvgIpc) is 2.43. The molecular formula is C15H14BrNO3. The van der Waals surface area contributed by atoms with Crippen molar-refractivity contribution in [3.8, 4) is 0 Å². The van der Waals surface area contributed by atoms with Crippen molar-refractivity contribution in [3.63, 3.8) is 0 Å². The van der Waals surface area contributed by atoms with Crippen molar-refractivity contribution in [2.75, 3.05) is 6.54 Å². The van der Waals surface area contributed by atoms with E-state index in [1.165, 1.54) is 0 Å². The molecule has 5 heteroatoms. The van der Waals surface area contributed by atoms with Crippen LogP contribution in [0.1, 0.15) is 17.3 Å². The molecule has 2 aromatic rings. The maximum absolute atomic E-state index is 12.0. The first-order valence-electron chi connectivity index (χ1n) is 6.17. The Hall–Kier alpha value is -1.88. The molecule has 1 unspecified atom stereocenters. The summed E-state index contributed by atoms with van der Waals surface area (Å²) in [4.78, 5) is 22.7. The number of aliphatic carboxylic acids is 1. The minimum absolute atomic E-state index is 0.118. The average molecular weight is 336 g/mol. The van der Waals surface area contributed by atoms with E-state index < -0.39 is 11.9 Å². The van der Waals surface area contributed by atoms with Crippen molar-refractivity contribution in [3.05, 3.63) is 46.4 Å². The Labute approximate surface area is 124 Å². The van der Waals surface area contributed by atoms with E-state index in [4.69, 9.17) is 5.11 Å². The summed E-state index contributed by atoms with van der Waals surface area (Å²) in [6.45, 7) is 1.67. The summed E-state index contributed by atoms with van der Waals surface area (Å²) in [6, 6.07) is 11.2. The molecule has 20 heavy (non-hydrogen) atoms. The molecule has 104 valence electrons. The van der Waals surface area contributed by atoms with E-state index in [0.29, 0.717) is 5.56 Å². The molecule has 0 spiro atoms. The zero-order valence-electron chi connectivity index (χ0n) is 10.9. The summed E-state index contributed by atoms with van der Waals surface area (Å²) in [5, 5.41) is 13.4. The third kappa shape index (κ3) is 3.36. The summed E-state index contributed by atoms with van der Waals surface area (Å²) in [5.74, 6) is -1.79. The van der Waals surface area contributed by atoms with E-state index in [2.05, 4.69) is 21.2 Å². The maximum atomic E-state index is 12.0. The minimum Gasteiger partial charge on any atom is -0.481 e. The molecule has 0 saturated heterocycles. The van der Waals surface area contributed by atoms with Crippen molar-refractivity contribution in [1.29, 1.82) is 0 Å². The van der Waals surface area contributed by atoms with Crippen molar-refractivity contribution >= 4 is 38.6 Å². The quantitative estimate of drug-likeness (QED) is 0.902. The Balaban J connectivity index is 2.14. The second kappa shape index (κ2) is 6.05. The predicted molar refractivity (Wildman–Crippen MR) is 80.8 cm³/mol. The lowest BCUT2D eigenvalue weighted by molar-refractivity contribution is -0.140. The van der Waals surface area contributed by atoms with Crippen LogP contribution in [-0.4, -0.2) is 23.5 Å². The van der Waals surface area contributed by atoms with E-state index in [1.54, 1.807) is 19.1 Å². The van der Waals surface area contributed by atoms with Crippen LogP contribution in [0.25, 0.3) is 10.8 Å². The smallest absolute Gasteiger partial charge is 0.308 e. The molecule has 4 nitrogen and oxygen atoms in total. The van der Waals surface area contributed by atoms with Crippen LogP contribution in [0, 0.1) is 5.92 Å². The molecular weight excluding hydrogens is 322 g/mol. The van der Waals surface area contributed by atoms with Crippen LogP contribution in [0.15, 0.2) is 40.9 Å². The third-order valence-corrected chi connectivity index (χ3v) is 3.55. The summed E-state index contributed by atoms with van der Waals surface area (Å²) < 4.78 is 0.984. The highest BCUT2D eigenvalue weighted by molar-refractivity contribution is 9.10. The van der Waals surface area contributed by atoms with Crippen molar-refractivity contribution in [2.24, 2.45) is 5.92 Å². The Kier molecular flexibility index (Phi) is 4.39. The highest BCUT2D eigenvalue weighted by Crippen LogP contribution is 2.20. The first kappa shape index (κ1) is 14.5. The fourth-order valence-corrected chi connectivity index (χ4v) is 2.17. The Bertz CT molecular complexity index is 669. The molecule has 0 saturated carbocycles. The number of nitrogens with one attached hydrogen (secondary N) is 1. The van der Waals surface area contributed by atoms with Crippen LogP contribution in [0.4, 0.5) is 0 Å². The van der Waals surface area contributed by atoms with Gasteiger partial charge in [0.05, 0.1) is 5.92 Å². The normalized spacial score (nSPS) is 12.1. The number of hydrogen-bond donors (Lipinski definition) is 2. The van der Waals surface area contributed by atoms with Gasteiger partial charge in [0.15, 0.2) is 0 Å². The molecule has 0 heterocycles. The Morgan fingerprint density at radius 1 is 1.20 bits per heavy atom. The molecule has 1 amide bonds. The van der Waals surface area contributed by atoms with Crippen molar-refractivity contribution in [1.82, 2.24) is 5.32 Å². The number of carbonyl (C=O) groups excluding carboxylic acids is 1. The van der Waals surface area contributed by atoms with Crippen LogP contribution >= 0.6 is 15.9 Å². The number of benzene rings is 2. The lowest BCUT2D eigenvalue weighted by Gasteiger charge is -2.09. The molecule has 0 fully saturated rings. The number of rotatable bonds is 4. The van der Waals surface area contributed by atoms with Gasteiger partial charge in [-0.15, -0.1) is 0 Å². The number of halogens is 1. The van der Waals surface area contributed by atoms with Crippen molar-refractivity contribution in [2.45, 2.75) is 6.92 Å². The van der Waals surface area contributed by atoms with Crippen LogP contribution in [-0.2, 0) is 4.79 Å². The molecule has 2 rings (SSSR count). The van der Waals surface area contributed by atoms with E-state index in [9.17, 15) is 9.59 Å². The van der Waals surface area contributed by atoms with Gasteiger partial charge in [0.25, 0.3) is 5.91 Å². The SMILES string of the molecule is CC(CNC(=O)c1ccc2cc(Br)ccc2c1)C(=O)O. The standard InChI is InChI=1S/C15H14BrNO3/c1-9(15(19)20)8-17-14(18)12-3-2-11-7-13(16)5-4-10(11)6-12/h2-7,9H,8H2,1H3,(H,17,18)(H,19,20). The molecule has 0 aliphatic carbocycles. The van der Waals surface area contributed by atoms with E-state index in [0.717, 1.165) is 15.2 Å². The second-order valence-corrected chi connectivity index (χ2v) is 5.57. The number of carbonyl (C=O) groups is 2. The predicted octanol–water partition coefficient (Wildman–Crippen LogP) is 3.05. The summed E-state index contributed by atoms with van der Waals surface area (Å²) in [6.07, 6.45) is 0. The van der Waals surface area contributed by atoms with Crippen LogP contribution in [0.2, 0.25) is 0 Å². The van der Waals surface area contributed by atoms with Crippen LogP contribution in [0.3, 0.4) is 0 Å². The number of hydrogen-bond acceptors (Lipinski definition) is 2. The Morgan fingerprint density at radius 2 is 1.85 bits per heavy atom. The van der Waals surface area contributed by atoms with Gasteiger partial charge >= 0.3 is 5.97 Å². The topological polar surface area (TPSA) is 66.4 Å². The van der Waals surface area contributed by atoms with Crippen molar-refractivity contribution < 1.29 is 14.7 Å². The number of carboxylic acid groups (broad SMARTS) is 1. The summed E-state index contributed by atoms with van der Waals surface area (Å²) in [7, 11) is 0. The first-order chi connectivity index (χ1) is 9.47. The lowest BCUT2D eigenvalue weighted by atomic mass is 10.1. The van der Waals surface area contributed by atoms with E-state index in [-0.39, 0.29) is 12.5 Å². The van der Waals surface area contributed by atoms with Gasteiger partial charge in [0.1, 0.15) is 0 Å². The highest BCUT2D eigenvalue weighted by Gasteiger charge is 2.13. The number of amides is 1. The molecule has 2 aromatic carbocycles. The maximum Gasteiger partial charge on any atom is 0.308 e. The zero-order chi connectivity index (χ0) is 14.7. The van der Waals surface area contributed by atoms with E-state index in [1.807, 2.05) is 24.3 Å². The Morgan fingerprint density at radius 3 is 2.55 bits per heavy atom. The molecule has 1 atom stereocenters. The molecule has 0 bridgehead atoms. The summed E-state index contributed by atoms with van der Waals surface area (Å²) >= 11 is 3.40. The summed E-state index contributed by atoms with van der Waals surface area (Å²) in [5.41, 5.74) is 0.525. The molecule has 0 aliphatic rings. The molecule has 2 N–H and O–H groups in total. The van der Waals surface area contributed by atoms with Crippen LogP contribution in [0.5, 0.6) is 0 Å². The fraction of sp³-hybridized carbons (Fsp3) is 0.200. The zero-order valence-corrected chi connectivity index (χ0v) is 12.5. The molecule has 0 aliphatic heterocycles. The van der Waals surface area contributed by atoms with Gasteiger partial charge in [-0.3, -0.25) is 9.59 Å². The van der Waals surface area contributed by atoms with Gasteiger partial charge in [-0.1, -0.05) is 35.0 Å². The van der Waals surface area contributed by atoms with Crippen LogP contribution < -0.4 is 5.32 Å². The van der Waals surface area contributed by atoms with Gasteiger partial charge in [0, 0.05) is 16.6 Å². The van der Waals surface area contributed by atoms with Gasteiger partial charge < -0.3 is 10.4 Å². The van der Waals surface area contributed by atoms with Gasteiger partial charge in [-0.25, -0.2) is 0 Å².